The predicted molar refractivity (Wildman–Crippen MR) is 81.5 cm³/mol. The quantitative estimate of drug-likeness (QED) is 0.770. The number of aliphatic carboxylic acids is 1. The van der Waals surface area contributed by atoms with Crippen LogP contribution in [0.4, 0.5) is 0 Å². The van der Waals surface area contributed by atoms with Crippen LogP contribution in [0.25, 0.3) is 0 Å². The number of benzene rings is 1. The lowest BCUT2D eigenvalue weighted by molar-refractivity contribution is -0.137. The lowest BCUT2D eigenvalue weighted by Gasteiger charge is -2.10. The van der Waals surface area contributed by atoms with Crippen molar-refractivity contribution in [2.45, 2.75) is 26.4 Å². The molecule has 2 aromatic rings. The number of carbonyl (C=O) groups is 2. The van der Waals surface area contributed by atoms with Crippen LogP contribution < -0.4 is 0 Å². The number of carboxylic acids is 1. The monoisotopic (exact) mass is 301 g/mol. The highest BCUT2D eigenvalue weighted by Gasteiger charge is 2.17. The molecule has 1 aromatic carbocycles. The van der Waals surface area contributed by atoms with E-state index in [1.165, 1.54) is 0 Å². The summed E-state index contributed by atoms with van der Waals surface area (Å²) in [6.45, 7) is 2.06. The van der Waals surface area contributed by atoms with Crippen LogP contribution in [0.2, 0.25) is 0 Å². The van der Waals surface area contributed by atoms with Gasteiger partial charge >= 0.3 is 11.9 Å². The fraction of sp³-hybridized carbons (Fsp3) is 0.294. The lowest BCUT2D eigenvalue weighted by Crippen LogP contribution is -2.11. The number of hydrogen-bond donors (Lipinski definition) is 2. The highest BCUT2D eigenvalue weighted by atomic mass is 16.5. The standard InChI is InChI=1S/C17H19NO4/c1-12(10-16(19)20)9-15-14(7-8-18-15)17(21)22-11-13-5-3-2-4-6-13/h2-8,12,18H,9-11H2,1H3,(H,19,20). The number of H-pyrrole nitrogens is 1. The molecule has 2 rings (SSSR count). The molecule has 2 N–H and O–H groups in total. The summed E-state index contributed by atoms with van der Waals surface area (Å²) in [5, 5.41) is 8.80. The predicted octanol–water partition coefficient (Wildman–Crippen LogP) is 3.03. The Morgan fingerprint density at radius 2 is 1.95 bits per heavy atom. The third kappa shape index (κ3) is 4.48. The average molecular weight is 301 g/mol. The molecular weight excluding hydrogens is 282 g/mol. The minimum atomic E-state index is -0.840. The Kier molecular flexibility index (Phi) is 5.36. The van der Waals surface area contributed by atoms with E-state index >= 15 is 0 Å². The van der Waals surface area contributed by atoms with E-state index in [4.69, 9.17) is 9.84 Å². The Bertz CT molecular complexity index is 633. The number of aromatic amines is 1. The van der Waals surface area contributed by atoms with Gasteiger partial charge in [0.2, 0.25) is 0 Å². The zero-order chi connectivity index (χ0) is 15.9. The minimum absolute atomic E-state index is 0.0585. The van der Waals surface area contributed by atoms with Gasteiger partial charge in [0, 0.05) is 18.3 Å². The molecule has 0 saturated heterocycles. The molecule has 1 atom stereocenters. The van der Waals surface area contributed by atoms with E-state index in [0.29, 0.717) is 17.7 Å². The van der Waals surface area contributed by atoms with Crippen molar-refractivity contribution >= 4 is 11.9 Å². The average Bonchev–Trinajstić information content (AvgIpc) is 2.93. The van der Waals surface area contributed by atoms with E-state index in [-0.39, 0.29) is 18.9 Å². The number of carboxylic acid groups (broad SMARTS) is 1. The van der Waals surface area contributed by atoms with Crippen molar-refractivity contribution < 1.29 is 19.4 Å². The van der Waals surface area contributed by atoms with Gasteiger partial charge in [-0.25, -0.2) is 4.79 Å². The van der Waals surface area contributed by atoms with Crippen molar-refractivity contribution in [3.05, 3.63) is 59.4 Å². The summed E-state index contributed by atoms with van der Waals surface area (Å²) < 4.78 is 5.30. The molecule has 0 radical (unpaired) electrons. The first-order chi connectivity index (χ1) is 10.6. The molecule has 0 saturated carbocycles. The van der Waals surface area contributed by atoms with Gasteiger partial charge in [-0.1, -0.05) is 37.3 Å². The molecule has 1 unspecified atom stereocenters. The summed E-state index contributed by atoms with van der Waals surface area (Å²) in [6, 6.07) is 11.1. The summed E-state index contributed by atoms with van der Waals surface area (Å²) >= 11 is 0. The van der Waals surface area contributed by atoms with Crippen molar-refractivity contribution in [3.8, 4) is 0 Å². The fourth-order valence-electron chi connectivity index (χ4n) is 2.28. The van der Waals surface area contributed by atoms with Gasteiger partial charge in [-0.2, -0.15) is 0 Å². The summed E-state index contributed by atoms with van der Waals surface area (Å²) in [4.78, 5) is 25.9. The molecule has 0 aliphatic heterocycles. The summed E-state index contributed by atoms with van der Waals surface area (Å²) in [5.41, 5.74) is 2.10. The van der Waals surface area contributed by atoms with Crippen molar-refractivity contribution in [3.63, 3.8) is 0 Å². The highest BCUT2D eigenvalue weighted by Crippen LogP contribution is 2.16. The Morgan fingerprint density at radius 3 is 2.64 bits per heavy atom. The van der Waals surface area contributed by atoms with Gasteiger partial charge in [-0.05, 0) is 24.0 Å². The largest absolute Gasteiger partial charge is 0.481 e. The van der Waals surface area contributed by atoms with E-state index in [2.05, 4.69) is 4.98 Å². The third-order valence-corrected chi connectivity index (χ3v) is 3.34. The fourth-order valence-corrected chi connectivity index (χ4v) is 2.28. The molecule has 22 heavy (non-hydrogen) atoms. The maximum absolute atomic E-state index is 12.1. The Balaban J connectivity index is 1.96. The number of ether oxygens (including phenoxy) is 1. The summed E-state index contributed by atoms with van der Waals surface area (Å²) in [7, 11) is 0. The van der Waals surface area contributed by atoms with Crippen molar-refractivity contribution in [2.24, 2.45) is 5.92 Å². The molecule has 5 nitrogen and oxygen atoms in total. The van der Waals surface area contributed by atoms with E-state index in [1.54, 1.807) is 12.3 Å². The number of carbonyl (C=O) groups excluding carboxylic acids is 1. The highest BCUT2D eigenvalue weighted by molar-refractivity contribution is 5.90. The molecule has 0 spiro atoms. The maximum Gasteiger partial charge on any atom is 0.340 e. The molecule has 0 aliphatic rings. The van der Waals surface area contributed by atoms with Crippen LogP contribution in [0.1, 0.15) is 35.0 Å². The van der Waals surface area contributed by atoms with Gasteiger partial charge in [-0.3, -0.25) is 4.79 Å². The van der Waals surface area contributed by atoms with Crippen LogP contribution >= 0.6 is 0 Å². The third-order valence-electron chi connectivity index (χ3n) is 3.34. The van der Waals surface area contributed by atoms with Crippen molar-refractivity contribution in [1.29, 1.82) is 0 Å². The van der Waals surface area contributed by atoms with Crippen LogP contribution in [0.5, 0.6) is 0 Å². The number of aromatic nitrogens is 1. The number of esters is 1. The number of hydrogen-bond acceptors (Lipinski definition) is 3. The van der Waals surface area contributed by atoms with Crippen LogP contribution in [0, 0.1) is 5.92 Å². The molecule has 5 heteroatoms. The van der Waals surface area contributed by atoms with Gasteiger partial charge in [-0.15, -0.1) is 0 Å². The van der Waals surface area contributed by atoms with Gasteiger partial charge in [0.25, 0.3) is 0 Å². The Morgan fingerprint density at radius 1 is 1.23 bits per heavy atom. The van der Waals surface area contributed by atoms with Crippen molar-refractivity contribution in [2.75, 3.05) is 0 Å². The van der Waals surface area contributed by atoms with Gasteiger partial charge in [0.05, 0.1) is 5.56 Å². The lowest BCUT2D eigenvalue weighted by atomic mass is 10.00. The Labute approximate surface area is 128 Å². The van der Waals surface area contributed by atoms with Gasteiger partial charge in [0.15, 0.2) is 0 Å². The van der Waals surface area contributed by atoms with Gasteiger partial charge < -0.3 is 14.8 Å². The smallest absolute Gasteiger partial charge is 0.340 e. The second kappa shape index (κ2) is 7.45. The number of nitrogens with one attached hydrogen (secondary N) is 1. The second-order valence-corrected chi connectivity index (χ2v) is 5.34. The van der Waals surface area contributed by atoms with Crippen molar-refractivity contribution in [1.82, 2.24) is 4.98 Å². The minimum Gasteiger partial charge on any atom is -0.481 e. The molecule has 0 bridgehead atoms. The Hall–Kier alpha value is -2.56. The number of rotatable bonds is 7. The second-order valence-electron chi connectivity index (χ2n) is 5.34. The SMILES string of the molecule is CC(CC(=O)O)Cc1[nH]ccc1C(=O)OCc1ccccc1. The zero-order valence-electron chi connectivity index (χ0n) is 12.4. The first-order valence-corrected chi connectivity index (χ1v) is 7.15. The van der Waals surface area contributed by atoms with Crippen LogP contribution in [-0.4, -0.2) is 22.0 Å². The van der Waals surface area contributed by atoms with E-state index in [9.17, 15) is 9.59 Å². The zero-order valence-corrected chi connectivity index (χ0v) is 12.4. The summed E-state index contributed by atoms with van der Waals surface area (Å²) in [5.74, 6) is -1.30. The first kappa shape index (κ1) is 15.8. The molecule has 0 aliphatic carbocycles. The molecule has 1 heterocycles. The topological polar surface area (TPSA) is 79.4 Å². The van der Waals surface area contributed by atoms with E-state index in [0.717, 1.165) is 5.56 Å². The molecule has 116 valence electrons. The molecule has 1 aromatic heterocycles. The maximum atomic E-state index is 12.1. The normalized spacial score (nSPS) is 11.9. The summed E-state index contributed by atoms with van der Waals surface area (Å²) in [6.07, 6.45) is 2.23. The first-order valence-electron chi connectivity index (χ1n) is 7.15. The van der Waals surface area contributed by atoms with Crippen LogP contribution in [0.15, 0.2) is 42.6 Å². The molecule has 0 fully saturated rings. The van der Waals surface area contributed by atoms with Crippen LogP contribution in [0.3, 0.4) is 0 Å². The van der Waals surface area contributed by atoms with E-state index < -0.39 is 11.9 Å². The van der Waals surface area contributed by atoms with Gasteiger partial charge in [0.1, 0.15) is 6.61 Å². The van der Waals surface area contributed by atoms with E-state index in [1.807, 2.05) is 37.3 Å². The molecule has 0 amide bonds. The van der Waals surface area contributed by atoms with Crippen LogP contribution in [-0.2, 0) is 22.6 Å². The molecular formula is C17H19NO4.